The molecule has 5 N–H and O–H groups in total. The number of amides is 3. The van der Waals surface area contributed by atoms with Crippen molar-refractivity contribution >= 4 is 73.4 Å². The second-order valence-electron chi connectivity index (χ2n) is 28.5. The highest BCUT2D eigenvalue weighted by molar-refractivity contribution is 7.90. The van der Waals surface area contributed by atoms with Crippen LogP contribution >= 0.6 is 11.3 Å². The summed E-state index contributed by atoms with van der Waals surface area (Å²) in [6.07, 6.45) is 3.84. The van der Waals surface area contributed by atoms with Gasteiger partial charge in [-0.15, -0.1) is 11.3 Å². The van der Waals surface area contributed by atoms with E-state index >= 15 is 8.78 Å². The largest absolute Gasteiger partial charge is 0.459 e. The van der Waals surface area contributed by atoms with Crippen molar-refractivity contribution in [1.82, 2.24) is 44.6 Å². The van der Waals surface area contributed by atoms with Crippen LogP contribution < -0.4 is 20.3 Å². The van der Waals surface area contributed by atoms with Crippen molar-refractivity contribution in [3.05, 3.63) is 118 Å². The molecule has 22 nitrogen and oxygen atoms in total. The fourth-order valence-electron chi connectivity index (χ4n) is 12.9. The number of fused-ring (bicyclic) bond motifs is 1. The number of aromatic nitrogens is 3. The number of carbonyl (C=O) groups is 5. The number of rotatable bonds is 27. The Balaban J connectivity index is 0.678. The van der Waals surface area contributed by atoms with E-state index < -0.39 is 98.6 Å². The van der Waals surface area contributed by atoms with Crippen LogP contribution in [0.3, 0.4) is 0 Å². The fraction of sp³-hybridized carbons (Fsp3) is 0.535. The van der Waals surface area contributed by atoms with Crippen molar-refractivity contribution in [3.8, 4) is 21.6 Å². The Morgan fingerprint density at radius 1 is 0.827 bits per heavy atom. The number of aliphatic hydroxyl groups is 1. The first-order valence-electron chi connectivity index (χ1n) is 33.7. The molecule has 10 rings (SSSR count). The third-order valence-corrected chi connectivity index (χ3v) is 21.7. The number of carbonyl (C=O) groups excluding carboxylic acids is 5. The van der Waals surface area contributed by atoms with E-state index in [2.05, 4.69) is 47.2 Å². The Hall–Kier alpha value is -7.37. The highest BCUT2D eigenvalue weighted by atomic mass is 32.2. The number of ketones is 1. The highest BCUT2D eigenvalue weighted by Gasteiger charge is 2.45. The Kier molecular flexibility index (Phi) is 23.2. The molecule has 0 spiro atoms. The number of hydrogen-bond donors (Lipinski definition) is 5. The molecule has 0 aliphatic carbocycles. The van der Waals surface area contributed by atoms with Crippen molar-refractivity contribution in [2.24, 2.45) is 11.3 Å². The second-order valence-corrected chi connectivity index (χ2v) is 31.0. The first-order chi connectivity index (χ1) is 46.4. The van der Waals surface area contributed by atoms with Crippen molar-refractivity contribution < 1.29 is 64.9 Å². The molecule has 7 heterocycles. The molecule has 0 unspecified atom stereocenters. The van der Waals surface area contributed by atoms with Crippen LogP contribution in [-0.2, 0) is 56.7 Å². The number of esters is 1. The van der Waals surface area contributed by atoms with E-state index in [1.807, 2.05) is 103 Å². The minimum atomic E-state index is -4.39. The molecule has 4 aliphatic rings. The molecule has 4 aliphatic heterocycles. The molecule has 3 aromatic heterocycles. The van der Waals surface area contributed by atoms with Gasteiger partial charge in [0.25, 0.3) is 0 Å². The molecule has 530 valence electrons. The number of nitrogens with one attached hydrogen (secondary N) is 4. The van der Waals surface area contributed by atoms with Crippen molar-refractivity contribution in [3.63, 3.8) is 0 Å². The summed E-state index contributed by atoms with van der Waals surface area (Å²) in [4.78, 5) is 90.7. The van der Waals surface area contributed by atoms with Gasteiger partial charge in [-0.05, 0) is 150 Å². The number of hydrogen-bond acceptors (Lipinski definition) is 17. The van der Waals surface area contributed by atoms with E-state index in [0.29, 0.717) is 59.8 Å². The first kappa shape index (κ1) is 73.3. The van der Waals surface area contributed by atoms with E-state index in [1.165, 1.54) is 22.4 Å². The number of anilines is 2. The van der Waals surface area contributed by atoms with Crippen LogP contribution in [0, 0.1) is 29.9 Å². The van der Waals surface area contributed by atoms with Gasteiger partial charge >= 0.3 is 16.2 Å². The number of benzene rings is 3. The Bertz CT molecular complexity index is 3960. The lowest BCUT2D eigenvalue weighted by Gasteiger charge is -2.40. The molecule has 3 aromatic carbocycles. The molecule has 4 fully saturated rings. The molecular weight excluding hydrogens is 1300 g/mol. The molecular formula is C71H92F3N11O11S2. The van der Waals surface area contributed by atoms with E-state index in [-0.39, 0.29) is 69.3 Å². The number of aliphatic hydroxyl groups excluding tert-OH is 1. The van der Waals surface area contributed by atoms with Gasteiger partial charge in [-0.1, -0.05) is 52.0 Å². The van der Waals surface area contributed by atoms with Crippen molar-refractivity contribution in [2.45, 2.75) is 150 Å². The lowest BCUT2D eigenvalue weighted by atomic mass is 9.85. The Morgan fingerprint density at radius 2 is 1.55 bits per heavy atom. The van der Waals surface area contributed by atoms with Crippen LogP contribution in [0.2, 0.25) is 0 Å². The predicted molar refractivity (Wildman–Crippen MR) is 369 cm³/mol. The maximum absolute atomic E-state index is 15.9. The summed E-state index contributed by atoms with van der Waals surface area (Å²) in [5.74, 6) is -4.96. The Morgan fingerprint density at radius 3 is 2.22 bits per heavy atom. The molecule has 4 atom stereocenters. The van der Waals surface area contributed by atoms with E-state index in [0.717, 1.165) is 95.8 Å². The maximum atomic E-state index is 15.9. The second kappa shape index (κ2) is 31.0. The predicted octanol–water partition coefficient (Wildman–Crippen LogP) is 8.95. The van der Waals surface area contributed by atoms with E-state index in [4.69, 9.17) is 14.2 Å². The third kappa shape index (κ3) is 18.2. The van der Waals surface area contributed by atoms with Crippen LogP contribution in [0.1, 0.15) is 127 Å². The number of likely N-dealkylation sites (tertiary alicyclic amines) is 2. The van der Waals surface area contributed by atoms with Gasteiger partial charge in [0.05, 0.1) is 57.8 Å². The first-order valence-corrected chi connectivity index (χ1v) is 36.0. The average molecular weight is 1400 g/mol. The van der Waals surface area contributed by atoms with E-state index in [1.54, 1.807) is 17.8 Å². The number of nitrogens with zero attached hydrogens (tertiary/aromatic N) is 7. The Labute approximate surface area is 575 Å². The zero-order valence-electron chi connectivity index (χ0n) is 57.4. The van der Waals surface area contributed by atoms with Crippen molar-refractivity contribution in [2.75, 3.05) is 94.8 Å². The summed E-state index contributed by atoms with van der Waals surface area (Å²) in [5.41, 5.74) is 4.30. The van der Waals surface area contributed by atoms with Crippen LogP contribution in [0.25, 0.3) is 32.6 Å². The highest BCUT2D eigenvalue weighted by Crippen LogP contribution is 2.35. The van der Waals surface area contributed by atoms with E-state index in [9.17, 15) is 41.9 Å². The van der Waals surface area contributed by atoms with Gasteiger partial charge in [0.2, 0.25) is 23.5 Å². The van der Waals surface area contributed by atoms with Crippen LogP contribution in [-0.4, -0.2) is 198 Å². The summed E-state index contributed by atoms with van der Waals surface area (Å²) in [7, 11) is -4.39. The van der Waals surface area contributed by atoms with Gasteiger partial charge in [0.15, 0.2) is 5.82 Å². The standard InChI is InChI=1S/C71H92F3N11O11S2/c1-10-70(6,7)95-30-22-71(8,9)96-42-60(88)94-41-50-31-47(64-44(2)78-43-97-64)11-12-48(50)34-77-67(90)58-33-53(86)39-85(58)68(91)65(69(3,4)5)79-59(87)40-81-23-19-45(20-24-81)37-82-26-28-83(29-27-82)52-15-13-46(14-16-52)49-32-54-55(36-76-66(54)75-35-49)63(89)61-56(73)17-18-57(62(61)74)80-98(92,93)84-25-21-51(72)38-84/h11-18,31-32,35-36,43,45,51,53,58,65,80,86H,10,19-30,33-34,37-42H2,1-9H3,(H,75,76)(H,77,90)(H,79,87)/t51-,53-,58+,65-/m1/s1. The van der Waals surface area contributed by atoms with Gasteiger partial charge in [0, 0.05) is 99.9 Å². The minimum Gasteiger partial charge on any atom is -0.459 e. The number of aryl methyl sites for hydroxylation is 1. The van der Waals surface area contributed by atoms with Gasteiger partial charge < -0.3 is 44.7 Å². The number of piperidine rings is 1. The number of ether oxygens (including phenoxy) is 3. The monoisotopic (exact) mass is 1400 g/mol. The zero-order chi connectivity index (χ0) is 70.4. The zero-order valence-corrected chi connectivity index (χ0v) is 59.0. The summed E-state index contributed by atoms with van der Waals surface area (Å²) < 4.78 is 91.4. The van der Waals surface area contributed by atoms with Gasteiger partial charge in [-0.3, -0.25) is 33.7 Å². The molecule has 4 saturated heterocycles. The number of thiazole rings is 1. The normalized spacial score (nSPS) is 19.1. The molecule has 6 aromatic rings. The summed E-state index contributed by atoms with van der Waals surface area (Å²) in [6.45, 7) is 22.8. The van der Waals surface area contributed by atoms with Gasteiger partial charge in [0.1, 0.15) is 42.9 Å². The number of piperazine rings is 1. The summed E-state index contributed by atoms with van der Waals surface area (Å²) in [6, 6.07) is 15.0. The summed E-state index contributed by atoms with van der Waals surface area (Å²) >= 11 is 1.49. The lowest BCUT2D eigenvalue weighted by molar-refractivity contribution is -0.157. The number of aromatic amines is 1. The quantitative estimate of drug-likeness (QED) is 0.0238. The molecule has 27 heteroatoms. The maximum Gasteiger partial charge on any atom is 0.332 e. The number of pyridine rings is 1. The number of H-pyrrole nitrogens is 1. The third-order valence-electron chi connectivity index (χ3n) is 19.3. The smallest absolute Gasteiger partial charge is 0.332 e. The summed E-state index contributed by atoms with van der Waals surface area (Å²) in [5, 5.41) is 17.3. The SMILES string of the molecule is CCC(C)(C)OCCC(C)(C)OCC(=O)OCc1cc(-c2scnc2C)ccc1CNC(=O)[C@@H]1C[C@@H](O)CN1C(=O)[C@@H](NC(=O)CN1CCC(CN2CCN(c3ccc(-c4cnc5[nH]cc(C(=O)c6c(F)ccc(NS(=O)(=O)N7CC[C@@H](F)C7)c6F)c5c4)cc3)CC2)CC1)C(C)(C)C. The van der Waals surface area contributed by atoms with Gasteiger partial charge in [-0.2, -0.15) is 12.7 Å². The minimum absolute atomic E-state index is 0.0123. The molecule has 0 bridgehead atoms. The number of alkyl halides is 1. The van der Waals surface area contributed by atoms with Crippen LogP contribution in [0.4, 0.5) is 24.5 Å². The topological polar surface area (TPSA) is 261 Å². The van der Waals surface area contributed by atoms with Crippen LogP contribution in [0.15, 0.2) is 78.6 Å². The number of β-amino-alcohol motifs (C(OH)–C–C–N with tert-alkyl or cyclic N) is 1. The molecule has 0 radical (unpaired) electrons. The fourth-order valence-corrected chi connectivity index (χ4v) is 14.9. The molecule has 3 amide bonds. The van der Waals surface area contributed by atoms with Crippen LogP contribution in [0.5, 0.6) is 0 Å². The molecule has 0 saturated carbocycles. The lowest BCUT2D eigenvalue weighted by Crippen LogP contribution is -2.59. The van der Waals surface area contributed by atoms with Crippen molar-refractivity contribution in [1.29, 1.82) is 0 Å². The number of halogens is 3. The molecule has 98 heavy (non-hydrogen) atoms. The average Bonchev–Trinajstić information content (AvgIpc) is 1.47. The van der Waals surface area contributed by atoms with Gasteiger partial charge in [-0.25, -0.2) is 27.9 Å².